The molecular formula is C33H35NO3S. The maximum atomic E-state index is 13.6. The Morgan fingerprint density at radius 1 is 0.921 bits per heavy atom. The highest BCUT2D eigenvalue weighted by atomic mass is 32.1. The van der Waals surface area contributed by atoms with Crippen molar-refractivity contribution in [1.82, 2.24) is 4.90 Å². The lowest BCUT2D eigenvalue weighted by Gasteiger charge is -2.33. The van der Waals surface area contributed by atoms with E-state index in [9.17, 15) is 9.90 Å². The van der Waals surface area contributed by atoms with Gasteiger partial charge < -0.3 is 9.84 Å². The molecule has 1 aliphatic heterocycles. The third-order valence-electron chi connectivity index (χ3n) is 7.51. The maximum absolute atomic E-state index is 13.6. The van der Waals surface area contributed by atoms with E-state index in [1.54, 1.807) is 23.5 Å². The second kappa shape index (κ2) is 12.1. The number of rotatable bonds is 9. The average molecular weight is 526 g/mol. The van der Waals surface area contributed by atoms with Crippen molar-refractivity contribution in [2.75, 3.05) is 19.7 Å². The van der Waals surface area contributed by atoms with E-state index in [1.807, 2.05) is 48.5 Å². The molecule has 3 aromatic carbocycles. The molecule has 4 nitrogen and oxygen atoms in total. The minimum Gasteiger partial charge on any atom is -0.463 e. The van der Waals surface area contributed by atoms with Crippen LogP contribution in [0.3, 0.4) is 0 Å². The van der Waals surface area contributed by atoms with Gasteiger partial charge in [0, 0.05) is 17.0 Å². The Morgan fingerprint density at radius 3 is 2.29 bits per heavy atom. The van der Waals surface area contributed by atoms with E-state index in [0.717, 1.165) is 50.0 Å². The Labute approximate surface area is 229 Å². The summed E-state index contributed by atoms with van der Waals surface area (Å²) in [5.41, 5.74) is 2.55. The molecule has 0 amide bonds. The van der Waals surface area contributed by atoms with Gasteiger partial charge in [0.2, 0.25) is 5.60 Å². The van der Waals surface area contributed by atoms with E-state index in [2.05, 4.69) is 47.5 Å². The molecule has 0 spiro atoms. The molecule has 196 valence electrons. The Bertz CT molecular complexity index is 1330. The molecule has 1 atom stereocenters. The molecule has 2 heterocycles. The fraction of sp³-hybridized carbons (Fsp3) is 0.303. The summed E-state index contributed by atoms with van der Waals surface area (Å²) < 4.78 is 5.87. The second-order valence-electron chi connectivity index (χ2n) is 10.1. The van der Waals surface area contributed by atoms with Gasteiger partial charge in [-0.15, -0.1) is 11.3 Å². The molecule has 0 aliphatic carbocycles. The zero-order valence-electron chi connectivity index (χ0n) is 21.9. The summed E-state index contributed by atoms with van der Waals surface area (Å²) in [6.07, 6.45) is 2.92. The molecule has 4 aromatic rings. The smallest absolute Gasteiger partial charge is 0.347 e. The minimum atomic E-state index is -1.88. The first-order valence-corrected chi connectivity index (χ1v) is 14.3. The summed E-state index contributed by atoms with van der Waals surface area (Å²) in [4.78, 5) is 17.4. The number of benzene rings is 3. The molecule has 1 aromatic heterocycles. The lowest BCUT2D eigenvalue weighted by atomic mass is 9.85. The predicted molar refractivity (Wildman–Crippen MR) is 154 cm³/mol. The van der Waals surface area contributed by atoms with Crippen LogP contribution in [0.25, 0.3) is 11.1 Å². The second-order valence-corrected chi connectivity index (χ2v) is 11.1. The number of ether oxygens (including phenoxy) is 1. The third kappa shape index (κ3) is 5.91. The van der Waals surface area contributed by atoms with Gasteiger partial charge in [-0.05, 0) is 78.0 Å². The molecule has 0 unspecified atom stereocenters. The van der Waals surface area contributed by atoms with Gasteiger partial charge >= 0.3 is 5.97 Å². The van der Waals surface area contributed by atoms with Crippen LogP contribution in [0.5, 0.6) is 0 Å². The number of thiophene rings is 1. The van der Waals surface area contributed by atoms with Gasteiger partial charge in [0.15, 0.2) is 0 Å². The van der Waals surface area contributed by atoms with Crippen LogP contribution in [-0.4, -0.2) is 35.7 Å². The number of esters is 1. The largest absolute Gasteiger partial charge is 0.463 e. The van der Waals surface area contributed by atoms with Crippen LogP contribution in [0, 0.1) is 5.92 Å². The zero-order chi connectivity index (χ0) is 26.4. The summed E-state index contributed by atoms with van der Waals surface area (Å²) in [5, 5.41) is 14.1. The number of hydrogen-bond acceptors (Lipinski definition) is 5. The summed E-state index contributed by atoms with van der Waals surface area (Å²) in [6.45, 7) is 5.35. The molecule has 0 saturated carbocycles. The van der Waals surface area contributed by atoms with Crippen LogP contribution < -0.4 is 0 Å². The Morgan fingerprint density at radius 2 is 1.61 bits per heavy atom. The van der Waals surface area contributed by atoms with Crippen molar-refractivity contribution in [2.24, 2.45) is 5.92 Å². The zero-order valence-corrected chi connectivity index (χ0v) is 22.7. The Kier molecular flexibility index (Phi) is 8.38. The molecule has 1 fully saturated rings. The molecular weight excluding hydrogens is 490 g/mol. The Hall–Kier alpha value is -3.25. The van der Waals surface area contributed by atoms with Gasteiger partial charge in [0.1, 0.15) is 0 Å². The van der Waals surface area contributed by atoms with Crippen molar-refractivity contribution in [3.8, 4) is 11.1 Å². The quantitative estimate of drug-likeness (QED) is 0.248. The first-order chi connectivity index (χ1) is 18.6. The van der Waals surface area contributed by atoms with Gasteiger partial charge in [0.25, 0.3) is 0 Å². The molecule has 0 bridgehead atoms. The van der Waals surface area contributed by atoms with Crippen LogP contribution in [0.4, 0.5) is 0 Å². The fourth-order valence-corrected chi connectivity index (χ4v) is 6.02. The van der Waals surface area contributed by atoms with Crippen molar-refractivity contribution in [2.45, 2.75) is 38.3 Å². The number of nitrogens with zero attached hydrogens (tertiary/aromatic N) is 1. The van der Waals surface area contributed by atoms with Crippen molar-refractivity contribution >= 4 is 17.3 Å². The molecule has 1 saturated heterocycles. The number of aryl methyl sites for hydroxylation is 1. The highest BCUT2D eigenvalue weighted by Crippen LogP contribution is 2.35. The summed E-state index contributed by atoms with van der Waals surface area (Å²) in [6, 6.07) is 29.5. The van der Waals surface area contributed by atoms with Crippen LogP contribution in [0.1, 0.15) is 41.3 Å². The number of piperidine rings is 1. The van der Waals surface area contributed by atoms with E-state index >= 15 is 0 Å². The van der Waals surface area contributed by atoms with Gasteiger partial charge in [-0.25, -0.2) is 4.79 Å². The number of aliphatic hydroxyl groups is 1. The van der Waals surface area contributed by atoms with E-state index in [-0.39, 0.29) is 5.92 Å². The number of carbonyl (C=O) groups excluding carboxylic acids is 1. The van der Waals surface area contributed by atoms with Crippen LogP contribution in [0.15, 0.2) is 96.4 Å². The van der Waals surface area contributed by atoms with Crippen LogP contribution in [-0.2, 0) is 28.1 Å². The standard InChI is InChI=1S/C33H35NO3S/c1-2-31-21-28(24-38-31)27-12-9-15-30(20-27)33(36,29-13-7-4-8-14-29)32(35)37-23-26-16-18-34(19-17-26)22-25-10-5-3-6-11-25/h3-15,20-21,24,26,36H,2,16-19,22-23H2,1H3/t33-/m0/s1. The molecule has 1 N–H and O–H groups in total. The lowest BCUT2D eigenvalue weighted by molar-refractivity contribution is -0.164. The first kappa shape index (κ1) is 26.4. The van der Waals surface area contributed by atoms with E-state index in [0.29, 0.717) is 17.7 Å². The van der Waals surface area contributed by atoms with Gasteiger partial charge in [0.05, 0.1) is 6.61 Å². The van der Waals surface area contributed by atoms with E-state index in [1.165, 1.54) is 10.4 Å². The fourth-order valence-electron chi connectivity index (χ4n) is 5.17. The van der Waals surface area contributed by atoms with Gasteiger partial charge in [-0.1, -0.05) is 85.8 Å². The minimum absolute atomic E-state index is 0.288. The summed E-state index contributed by atoms with van der Waals surface area (Å²) in [7, 11) is 0. The average Bonchev–Trinajstić information content (AvgIpc) is 3.47. The van der Waals surface area contributed by atoms with Crippen molar-refractivity contribution in [3.05, 3.63) is 118 Å². The SMILES string of the molecule is CCc1cc(-c2cccc([C@](O)(C(=O)OCC3CCN(Cc4ccccc4)CC3)c3ccccc3)c2)cs1. The summed E-state index contributed by atoms with van der Waals surface area (Å²) >= 11 is 1.73. The van der Waals surface area contributed by atoms with E-state index in [4.69, 9.17) is 4.74 Å². The van der Waals surface area contributed by atoms with Gasteiger partial charge in [-0.2, -0.15) is 0 Å². The van der Waals surface area contributed by atoms with Crippen LogP contribution >= 0.6 is 11.3 Å². The van der Waals surface area contributed by atoms with E-state index < -0.39 is 11.6 Å². The van der Waals surface area contributed by atoms with Gasteiger partial charge in [-0.3, -0.25) is 4.90 Å². The first-order valence-electron chi connectivity index (χ1n) is 13.5. The van der Waals surface area contributed by atoms with Crippen molar-refractivity contribution < 1.29 is 14.6 Å². The number of hydrogen-bond donors (Lipinski definition) is 1. The third-order valence-corrected chi connectivity index (χ3v) is 8.59. The number of carbonyl (C=O) groups is 1. The lowest BCUT2D eigenvalue weighted by Crippen LogP contribution is -2.40. The topological polar surface area (TPSA) is 49.8 Å². The molecule has 38 heavy (non-hydrogen) atoms. The molecule has 5 heteroatoms. The van der Waals surface area contributed by atoms with Crippen molar-refractivity contribution in [3.63, 3.8) is 0 Å². The summed E-state index contributed by atoms with van der Waals surface area (Å²) in [5.74, 6) is -0.331. The highest BCUT2D eigenvalue weighted by molar-refractivity contribution is 7.10. The van der Waals surface area contributed by atoms with Crippen LogP contribution in [0.2, 0.25) is 0 Å². The number of likely N-dealkylation sites (tertiary alicyclic amines) is 1. The molecule has 5 rings (SSSR count). The van der Waals surface area contributed by atoms with Crippen molar-refractivity contribution in [1.29, 1.82) is 0 Å². The Balaban J connectivity index is 1.29. The highest BCUT2D eigenvalue weighted by Gasteiger charge is 2.42. The monoisotopic (exact) mass is 525 g/mol. The molecule has 1 aliphatic rings. The normalized spacial score (nSPS) is 16.2. The predicted octanol–water partition coefficient (Wildman–Crippen LogP) is 6.67. The molecule has 0 radical (unpaired) electrons. The maximum Gasteiger partial charge on any atom is 0.347 e.